The second-order valence-electron chi connectivity index (χ2n) is 4.55. The number of hydrogen-bond acceptors (Lipinski definition) is 2. The monoisotopic (exact) mass is 223 g/mol. The summed E-state index contributed by atoms with van der Waals surface area (Å²) in [6, 6.07) is 6.73. The van der Waals surface area contributed by atoms with Gasteiger partial charge in [-0.15, -0.1) is 0 Å². The van der Waals surface area contributed by atoms with Crippen molar-refractivity contribution in [2.45, 2.75) is 31.9 Å². The van der Waals surface area contributed by atoms with Crippen molar-refractivity contribution in [3.63, 3.8) is 0 Å². The highest BCUT2D eigenvalue weighted by Crippen LogP contribution is 2.39. The van der Waals surface area contributed by atoms with Crippen LogP contribution in [0.4, 0.5) is 4.39 Å². The molecule has 1 aliphatic rings. The lowest BCUT2D eigenvalue weighted by atomic mass is 9.77. The fourth-order valence-electron chi connectivity index (χ4n) is 2.72. The van der Waals surface area contributed by atoms with E-state index in [1.54, 1.807) is 12.1 Å². The Balaban J connectivity index is 2.42. The SMILES string of the molecule is CCC1C(C)OCC1(N)c1ccccc1F. The Hall–Kier alpha value is -0.930. The quantitative estimate of drug-likeness (QED) is 0.835. The van der Waals surface area contributed by atoms with E-state index >= 15 is 0 Å². The van der Waals surface area contributed by atoms with Crippen molar-refractivity contribution in [1.29, 1.82) is 0 Å². The maximum absolute atomic E-state index is 13.8. The van der Waals surface area contributed by atoms with Crippen molar-refractivity contribution in [3.05, 3.63) is 35.6 Å². The van der Waals surface area contributed by atoms with Crippen molar-refractivity contribution in [2.24, 2.45) is 11.7 Å². The van der Waals surface area contributed by atoms with Crippen LogP contribution in [-0.2, 0) is 10.3 Å². The number of halogens is 1. The van der Waals surface area contributed by atoms with Crippen LogP contribution in [0.1, 0.15) is 25.8 Å². The highest BCUT2D eigenvalue weighted by atomic mass is 19.1. The van der Waals surface area contributed by atoms with Gasteiger partial charge < -0.3 is 10.5 Å². The summed E-state index contributed by atoms with van der Waals surface area (Å²) < 4.78 is 19.4. The molecule has 0 radical (unpaired) electrons. The molecule has 3 unspecified atom stereocenters. The maximum Gasteiger partial charge on any atom is 0.128 e. The topological polar surface area (TPSA) is 35.2 Å². The van der Waals surface area contributed by atoms with Gasteiger partial charge in [-0.25, -0.2) is 4.39 Å². The third-order valence-corrected chi connectivity index (χ3v) is 3.63. The van der Waals surface area contributed by atoms with E-state index in [0.717, 1.165) is 6.42 Å². The minimum atomic E-state index is -0.681. The van der Waals surface area contributed by atoms with Gasteiger partial charge in [0.05, 0.1) is 18.2 Å². The van der Waals surface area contributed by atoms with Gasteiger partial charge in [0.15, 0.2) is 0 Å². The Morgan fingerprint density at radius 3 is 2.81 bits per heavy atom. The molecule has 16 heavy (non-hydrogen) atoms. The van der Waals surface area contributed by atoms with Crippen molar-refractivity contribution in [2.75, 3.05) is 6.61 Å². The lowest BCUT2D eigenvalue weighted by molar-refractivity contribution is 0.103. The molecule has 1 aromatic rings. The fourth-order valence-corrected chi connectivity index (χ4v) is 2.72. The average Bonchev–Trinajstić information content (AvgIpc) is 2.56. The van der Waals surface area contributed by atoms with E-state index in [1.165, 1.54) is 6.07 Å². The molecule has 0 saturated carbocycles. The Kier molecular flexibility index (Phi) is 3.00. The Morgan fingerprint density at radius 2 is 2.19 bits per heavy atom. The van der Waals surface area contributed by atoms with Crippen LogP contribution in [0.2, 0.25) is 0 Å². The van der Waals surface area contributed by atoms with E-state index < -0.39 is 5.54 Å². The molecule has 0 aliphatic carbocycles. The molecule has 2 N–H and O–H groups in total. The zero-order valence-corrected chi connectivity index (χ0v) is 9.74. The zero-order valence-electron chi connectivity index (χ0n) is 9.74. The van der Waals surface area contributed by atoms with Crippen molar-refractivity contribution < 1.29 is 9.13 Å². The minimum Gasteiger partial charge on any atom is -0.376 e. The van der Waals surface area contributed by atoms with Crippen LogP contribution in [0.15, 0.2) is 24.3 Å². The summed E-state index contributed by atoms with van der Waals surface area (Å²) in [5.74, 6) is -0.0643. The van der Waals surface area contributed by atoms with Gasteiger partial charge in [-0.05, 0) is 19.4 Å². The van der Waals surface area contributed by atoms with Crippen LogP contribution in [-0.4, -0.2) is 12.7 Å². The van der Waals surface area contributed by atoms with Crippen LogP contribution in [0, 0.1) is 11.7 Å². The van der Waals surface area contributed by atoms with Crippen LogP contribution in [0.25, 0.3) is 0 Å². The van der Waals surface area contributed by atoms with Crippen LogP contribution in [0.5, 0.6) is 0 Å². The Labute approximate surface area is 95.6 Å². The van der Waals surface area contributed by atoms with Gasteiger partial charge in [0.2, 0.25) is 0 Å². The maximum atomic E-state index is 13.8. The van der Waals surface area contributed by atoms with Gasteiger partial charge in [0.1, 0.15) is 5.82 Å². The van der Waals surface area contributed by atoms with E-state index in [4.69, 9.17) is 10.5 Å². The lowest BCUT2D eigenvalue weighted by Gasteiger charge is -2.31. The molecule has 0 aromatic heterocycles. The van der Waals surface area contributed by atoms with E-state index in [9.17, 15) is 4.39 Å². The van der Waals surface area contributed by atoms with Crippen molar-refractivity contribution in [3.8, 4) is 0 Å². The predicted octanol–water partition coefficient (Wildman–Crippen LogP) is 2.42. The molecule has 1 aromatic carbocycles. The summed E-state index contributed by atoms with van der Waals surface area (Å²) in [6.07, 6.45) is 0.987. The first-order valence-electron chi connectivity index (χ1n) is 5.75. The summed E-state index contributed by atoms with van der Waals surface area (Å²) in [7, 11) is 0. The molecule has 2 nitrogen and oxygen atoms in total. The average molecular weight is 223 g/mol. The van der Waals surface area contributed by atoms with Gasteiger partial charge in [0.25, 0.3) is 0 Å². The molecule has 1 fully saturated rings. The van der Waals surface area contributed by atoms with Crippen LogP contribution < -0.4 is 5.73 Å². The van der Waals surface area contributed by atoms with Gasteiger partial charge in [-0.2, -0.15) is 0 Å². The molecule has 0 amide bonds. The molecule has 3 atom stereocenters. The molecule has 1 aliphatic heterocycles. The summed E-state index contributed by atoms with van der Waals surface area (Å²) in [6.45, 7) is 4.47. The van der Waals surface area contributed by atoms with Gasteiger partial charge in [-0.1, -0.05) is 25.1 Å². The molecule has 88 valence electrons. The van der Waals surface area contributed by atoms with Crippen molar-refractivity contribution >= 4 is 0 Å². The Bertz CT molecular complexity index is 382. The van der Waals surface area contributed by atoms with E-state index in [1.807, 2.05) is 13.0 Å². The predicted molar refractivity (Wildman–Crippen MR) is 61.5 cm³/mol. The van der Waals surface area contributed by atoms with E-state index in [-0.39, 0.29) is 17.8 Å². The molecule has 0 spiro atoms. The first-order chi connectivity index (χ1) is 7.59. The molecule has 3 heteroatoms. The lowest BCUT2D eigenvalue weighted by Crippen LogP contribution is -2.45. The number of nitrogens with two attached hydrogens (primary N) is 1. The second kappa shape index (κ2) is 4.15. The van der Waals surface area contributed by atoms with Gasteiger partial charge in [-0.3, -0.25) is 0 Å². The molecule has 0 bridgehead atoms. The molecular formula is C13H18FNO. The summed E-state index contributed by atoms with van der Waals surface area (Å²) in [4.78, 5) is 0. The third kappa shape index (κ3) is 1.64. The third-order valence-electron chi connectivity index (χ3n) is 3.63. The first kappa shape index (κ1) is 11.6. The largest absolute Gasteiger partial charge is 0.376 e. The Morgan fingerprint density at radius 1 is 1.50 bits per heavy atom. The number of rotatable bonds is 2. The van der Waals surface area contributed by atoms with Crippen LogP contribution in [0.3, 0.4) is 0 Å². The van der Waals surface area contributed by atoms with E-state index in [2.05, 4.69) is 6.92 Å². The summed E-state index contributed by atoms with van der Waals surface area (Å²) in [5, 5.41) is 0. The normalized spacial score (nSPS) is 34.2. The fraction of sp³-hybridized carbons (Fsp3) is 0.538. The van der Waals surface area contributed by atoms with Gasteiger partial charge in [0, 0.05) is 11.5 Å². The van der Waals surface area contributed by atoms with Crippen LogP contribution >= 0.6 is 0 Å². The smallest absolute Gasteiger partial charge is 0.128 e. The second-order valence-corrected chi connectivity index (χ2v) is 4.55. The van der Waals surface area contributed by atoms with Crippen molar-refractivity contribution in [1.82, 2.24) is 0 Å². The number of benzene rings is 1. The highest BCUT2D eigenvalue weighted by Gasteiger charge is 2.46. The summed E-state index contributed by atoms with van der Waals surface area (Å²) >= 11 is 0. The number of ether oxygens (including phenoxy) is 1. The van der Waals surface area contributed by atoms with Gasteiger partial charge >= 0.3 is 0 Å². The molecule has 1 heterocycles. The molecule has 2 rings (SSSR count). The standard InChI is InChI=1S/C13H18FNO/c1-3-10-9(2)16-8-13(10,15)11-6-4-5-7-12(11)14/h4-7,9-10H,3,8,15H2,1-2H3. The van der Waals surface area contributed by atoms with E-state index in [0.29, 0.717) is 12.2 Å². The first-order valence-corrected chi connectivity index (χ1v) is 5.75. The zero-order chi connectivity index (χ0) is 11.8. The summed E-state index contributed by atoms with van der Waals surface area (Å²) in [5.41, 5.74) is 6.26. The highest BCUT2D eigenvalue weighted by molar-refractivity contribution is 5.28. The number of hydrogen-bond donors (Lipinski definition) is 1. The molecular weight excluding hydrogens is 205 g/mol. The molecule has 1 saturated heterocycles. The minimum absolute atomic E-state index is 0.0922.